The van der Waals surface area contributed by atoms with E-state index in [2.05, 4.69) is 34.9 Å². The maximum atomic E-state index is 12.7. The van der Waals surface area contributed by atoms with Crippen LogP contribution < -0.4 is 10.6 Å². The Morgan fingerprint density at radius 1 is 0.943 bits per heavy atom. The van der Waals surface area contributed by atoms with Crippen LogP contribution in [-0.4, -0.2) is 42.8 Å². The minimum atomic E-state index is -0.874. The van der Waals surface area contributed by atoms with Gasteiger partial charge in [0, 0.05) is 19.0 Å². The molecule has 0 aliphatic heterocycles. The highest BCUT2D eigenvalue weighted by Crippen LogP contribution is 2.44. The second-order valence-electron chi connectivity index (χ2n) is 9.65. The molecule has 0 saturated heterocycles. The van der Waals surface area contributed by atoms with E-state index in [-0.39, 0.29) is 31.5 Å². The van der Waals surface area contributed by atoms with Gasteiger partial charge in [0.2, 0.25) is 5.91 Å². The van der Waals surface area contributed by atoms with Gasteiger partial charge in [-0.1, -0.05) is 74.7 Å². The molecule has 2 aliphatic carbocycles. The number of hydrogen-bond acceptors (Lipinski definition) is 4. The molecule has 2 amide bonds. The molecule has 0 radical (unpaired) electrons. The second kappa shape index (κ2) is 11.4. The van der Waals surface area contributed by atoms with Crippen molar-refractivity contribution in [1.82, 2.24) is 10.6 Å². The molecule has 1 fully saturated rings. The first-order valence-corrected chi connectivity index (χ1v) is 12.6. The van der Waals surface area contributed by atoms with Crippen molar-refractivity contribution >= 4 is 18.0 Å². The Kier molecular flexibility index (Phi) is 8.06. The summed E-state index contributed by atoms with van der Waals surface area (Å²) in [7, 11) is 0. The number of aliphatic carboxylic acids is 1. The van der Waals surface area contributed by atoms with Crippen molar-refractivity contribution in [3.05, 3.63) is 59.7 Å². The fourth-order valence-electron chi connectivity index (χ4n) is 4.93. The summed E-state index contributed by atoms with van der Waals surface area (Å²) in [5.41, 5.74) is 4.61. The fourth-order valence-corrected chi connectivity index (χ4v) is 4.93. The van der Waals surface area contributed by atoms with E-state index in [1.54, 1.807) is 0 Å². The second-order valence-corrected chi connectivity index (χ2v) is 9.65. The molecule has 0 aromatic heterocycles. The van der Waals surface area contributed by atoms with Crippen LogP contribution in [0.2, 0.25) is 0 Å². The number of carbonyl (C=O) groups is 3. The van der Waals surface area contributed by atoms with Crippen molar-refractivity contribution in [3.63, 3.8) is 0 Å². The van der Waals surface area contributed by atoms with Gasteiger partial charge in [0.25, 0.3) is 0 Å². The quantitative estimate of drug-likeness (QED) is 0.415. The minimum Gasteiger partial charge on any atom is -0.481 e. The van der Waals surface area contributed by atoms with Crippen LogP contribution in [0.3, 0.4) is 0 Å². The lowest BCUT2D eigenvalue weighted by molar-refractivity contribution is -0.142. The third kappa shape index (κ3) is 6.21. The number of benzene rings is 2. The summed E-state index contributed by atoms with van der Waals surface area (Å²) in [5.74, 6) is -1.66. The van der Waals surface area contributed by atoms with Crippen LogP contribution >= 0.6 is 0 Å². The number of hydrogen-bond donors (Lipinski definition) is 3. The molecule has 4 rings (SSSR count). The van der Waals surface area contributed by atoms with E-state index in [1.807, 2.05) is 31.2 Å². The van der Waals surface area contributed by atoms with E-state index in [0.29, 0.717) is 18.8 Å². The Bertz CT molecular complexity index is 1020. The Morgan fingerprint density at radius 3 is 2.11 bits per heavy atom. The highest BCUT2D eigenvalue weighted by atomic mass is 16.5. The molecular weight excluding hydrogens is 444 g/mol. The van der Waals surface area contributed by atoms with Gasteiger partial charge in [-0.3, -0.25) is 9.59 Å². The van der Waals surface area contributed by atoms with E-state index >= 15 is 0 Å². The maximum Gasteiger partial charge on any atom is 0.407 e. The first kappa shape index (κ1) is 24.8. The SMILES string of the molecule is CCCC(CNC(=O)OCC1c2ccccc2-c2ccccc21)C(=O)NCC(CC1CC1)C(=O)O. The number of amides is 2. The van der Waals surface area contributed by atoms with E-state index in [0.717, 1.165) is 41.5 Å². The van der Waals surface area contributed by atoms with Crippen LogP contribution in [0.15, 0.2) is 48.5 Å². The van der Waals surface area contributed by atoms with Crippen molar-refractivity contribution in [2.75, 3.05) is 19.7 Å². The lowest BCUT2D eigenvalue weighted by Crippen LogP contribution is -2.41. The minimum absolute atomic E-state index is 0.0256. The third-order valence-corrected chi connectivity index (χ3v) is 7.03. The zero-order valence-electron chi connectivity index (χ0n) is 20.2. The van der Waals surface area contributed by atoms with Gasteiger partial charge in [-0.05, 0) is 41.0 Å². The van der Waals surface area contributed by atoms with Crippen LogP contribution in [0, 0.1) is 17.8 Å². The van der Waals surface area contributed by atoms with Crippen molar-refractivity contribution in [2.45, 2.75) is 44.9 Å². The average molecular weight is 479 g/mol. The first-order valence-electron chi connectivity index (χ1n) is 12.6. The van der Waals surface area contributed by atoms with Crippen molar-refractivity contribution in [3.8, 4) is 11.1 Å². The zero-order chi connectivity index (χ0) is 24.8. The standard InChI is InChI=1S/C28H34N2O5/c1-2-7-19(26(31)29-16-20(27(32)33)14-18-12-13-18)15-30-28(34)35-17-25-23-10-5-3-8-21(23)22-9-4-6-11-24(22)25/h3-6,8-11,18-20,25H,2,7,12-17H2,1H3,(H,29,31)(H,30,34)(H,32,33). The van der Waals surface area contributed by atoms with Crippen LogP contribution in [0.1, 0.15) is 56.1 Å². The largest absolute Gasteiger partial charge is 0.481 e. The van der Waals surface area contributed by atoms with E-state index in [1.165, 1.54) is 0 Å². The van der Waals surface area contributed by atoms with E-state index < -0.39 is 23.9 Å². The molecule has 1 saturated carbocycles. The van der Waals surface area contributed by atoms with Gasteiger partial charge in [-0.25, -0.2) is 4.79 Å². The highest BCUT2D eigenvalue weighted by Gasteiger charge is 2.31. The number of carboxylic acids is 1. The normalized spacial score (nSPS) is 16.0. The molecule has 0 bridgehead atoms. The molecule has 7 nitrogen and oxygen atoms in total. The molecule has 3 N–H and O–H groups in total. The molecule has 2 atom stereocenters. The molecule has 2 aliphatic rings. The number of carbonyl (C=O) groups excluding carboxylic acids is 2. The average Bonchev–Trinajstić information content (AvgIpc) is 3.63. The van der Waals surface area contributed by atoms with Gasteiger partial charge >= 0.3 is 12.1 Å². The van der Waals surface area contributed by atoms with Gasteiger partial charge in [-0.2, -0.15) is 0 Å². The summed E-state index contributed by atoms with van der Waals surface area (Å²) < 4.78 is 5.57. The third-order valence-electron chi connectivity index (χ3n) is 7.03. The summed E-state index contributed by atoms with van der Waals surface area (Å²) >= 11 is 0. The summed E-state index contributed by atoms with van der Waals surface area (Å²) in [6, 6.07) is 16.3. The molecule has 35 heavy (non-hydrogen) atoms. The van der Waals surface area contributed by atoms with Gasteiger partial charge < -0.3 is 20.5 Å². The summed E-state index contributed by atoms with van der Waals surface area (Å²) in [5, 5.41) is 15.0. The Balaban J connectivity index is 1.28. The number of ether oxygens (including phenoxy) is 1. The first-order chi connectivity index (χ1) is 17.0. The van der Waals surface area contributed by atoms with Gasteiger partial charge in [-0.15, -0.1) is 0 Å². The molecule has 0 spiro atoms. The van der Waals surface area contributed by atoms with Crippen LogP contribution in [0.4, 0.5) is 4.79 Å². The Morgan fingerprint density at radius 2 is 1.54 bits per heavy atom. The molecule has 0 heterocycles. The Labute approximate surface area is 206 Å². The highest BCUT2D eigenvalue weighted by molar-refractivity contribution is 5.81. The number of fused-ring (bicyclic) bond motifs is 3. The number of carboxylic acid groups (broad SMARTS) is 1. The molecule has 2 aromatic rings. The molecular formula is C28H34N2O5. The topological polar surface area (TPSA) is 105 Å². The zero-order valence-corrected chi connectivity index (χ0v) is 20.2. The monoisotopic (exact) mass is 478 g/mol. The van der Waals surface area contributed by atoms with Crippen LogP contribution in [0.5, 0.6) is 0 Å². The van der Waals surface area contributed by atoms with Crippen LogP contribution in [-0.2, 0) is 14.3 Å². The van der Waals surface area contributed by atoms with E-state index in [9.17, 15) is 19.5 Å². The van der Waals surface area contributed by atoms with Crippen molar-refractivity contribution < 1.29 is 24.2 Å². The Hall–Kier alpha value is -3.35. The fraction of sp³-hybridized carbons (Fsp3) is 0.464. The van der Waals surface area contributed by atoms with Crippen LogP contribution in [0.25, 0.3) is 11.1 Å². The van der Waals surface area contributed by atoms with E-state index in [4.69, 9.17) is 4.74 Å². The predicted octanol–water partition coefficient (Wildman–Crippen LogP) is 4.56. The van der Waals surface area contributed by atoms with Crippen molar-refractivity contribution in [1.29, 1.82) is 0 Å². The number of rotatable bonds is 12. The number of alkyl carbamates (subject to hydrolysis) is 1. The molecule has 2 aromatic carbocycles. The lowest BCUT2D eigenvalue weighted by atomic mass is 9.98. The molecule has 186 valence electrons. The summed E-state index contributed by atoms with van der Waals surface area (Å²) in [6.07, 6.45) is 3.55. The van der Waals surface area contributed by atoms with Crippen molar-refractivity contribution in [2.24, 2.45) is 17.8 Å². The van der Waals surface area contributed by atoms with Gasteiger partial charge in [0.1, 0.15) is 6.61 Å². The van der Waals surface area contributed by atoms with Gasteiger partial charge in [0.05, 0.1) is 11.8 Å². The number of nitrogens with one attached hydrogen (secondary N) is 2. The predicted molar refractivity (Wildman–Crippen MR) is 133 cm³/mol. The molecule has 2 unspecified atom stereocenters. The van der Waals surface area contributed by atoms with Gasteiger partial charge in [0.15, 0.2) is 0 Å². The summed E-state index contributed by atoms with van der Waals surface area (Å²) in [4.78, 5) is 36.7. The molecule has 7 heteroatoms. The lowest BCUT2D eigenvalue weighted by Gasteiger charge is -2.19. The summed E-state index contributed by atoms with van der Waals surface area (Å²) in [6.45, 7) is 2.46. The smallest absolute Gasteiger partial charge is 0.407 e. The maximum absolute atomic E-state index is 12.7.